The van der Waals surface area contributed by atoms with Gasteiger partial charge in [-0.25, -0.2) is 0 Å². The lowest BCUT2D eigenvalue weighted by Gasteiger charge is -2.27. The van der Waals surface area contributed by atoms with Crippen molar-refractivity contribution in [2.24, 2.45) is 5.92 Å². The van der Waals surface area contributed by atoms with Crippen molar-refractivity contribution >= 4 is 11.8 Å². The van der Waals surface area contributed by atoms with Crippen LogP contribution in [0, 0.1) is 5.92 Å². The van der Waals surface area contributed by atoms with E-state index in [1.165, 1.54) is 37.2 Å². The number of nitrogens with one attached hydrogen (secondary N) is 1. The number of rotatable bonds is 4. The highest BCUT2D eigenvalue weighted by Gasteiger charge is 2.19. The molecule has 12 heavy (non-hydrogen) atoms. The lowest BCUT2D eigenvalue weighted by atomic mass is 9.87. The topological polar surface area (TPSA) is 12.0 Å². The monoisotopic (exact) mass is 187 g/mol. The van der Waals surface area contributed by atoms with E-state index < -0.39 is 0 Å². The molecule has 0 aromatic rings. The molecule has 0 atom stereocenters. The van der Waals surface area contributed by atoms with Crippen molar-refractivity contribution in [1.29, 1.82) is 0 Å². The van der Waals surface area contributed by atoms with Gasteiger partial charge in [0, 0.05) is 6.04 Å². The Balaban J connectivity index is 2.09. The van der Waals surface area contributed by atoms with E-state index in [-0.39, 0.29) is 0 Å². The van der Waals surface area contributed by atoms with Gasteiger partial charge in [-0.1, -0.05) is 6.92 Å². The Morgan fingerprint density at radius 2 is 1.92 bits per heavy atom. The van der Waals surface area contributed by atoms with Gasteiger partial charge in [-0.05, 0) is 50.2 Å². The van der Waals surface area contributed by atoms with Crippen molar-refractivity contribution in [2.75, 3.05) is 18.6 Å². The van der Waals surface area contributed by atoms with E-state index in [0.717, 1.165) is 12.0 Å². The Hall–Kier alpha value is 0.310. The summed E-state index contributed by atoms with van der Waals surface area (Å²) in [6.07, 6.45) is 5.67. The molecule has 1 fully saturated rings. The predicted octanol–water partition coefficient (Wildman–Crippen LogP) is 2.52. The molecular formula is C10H21NS. The molecule has 0 aromatic heterocycles. The van der Waals surface area contributed by atoms with Crippen LogP contribution in [0.25, 0.3) is 0 Å². The summed E-state index contributed by atoms with van der Waals surface area (Å²) < 4.78 is 0. The molecule has 1 nitrogen and oxygen atoms in total. The third-order valence-corrected chi connectivity index (χ3v) is 3.93. The van der Waals surface area contributed by atoms with Crippen molar-refractivity contribution in [3.8, 4) is 0 Å². The minimum absolute atomic E-state index is 0.813. The van der Waals surface area contributed by atoms with Crippen LogP contribution in [0.4, 0.5) is 0 Å². The Morgan fingerprint density at radius 1 is 1.25 bits per heavy atom. The number of hydrogen-bond acceptors (Lipinski definition) is 2. The molecule has 0 unspecified atom stereocenters. The fourth-order valence-electron chi connectivity index (χ4n) is 1.90. The van der Waals surface area contributed by atoms with Crippen molar-refractivity contribution in [3.63, 3.8) is 0 Å². The minimum Gasteiger partial charge on any atom is -0.317 e. The van der Waals surface area contributed by atoms with Gasteiger partial charge >= 0.3 is 0 Å². The van der Waals surface area contributed by atoms with Gasteiger partial charge in [0.1, 0.15) is 0 Å². The Kier molecular flexibility index (Phi) is 5.08. The van der Waals surface area contributed by atoms with E-state index in [1.807, 2.05) is 0 Å². The van der Waals surface area contributed by atoms with E-state index in [1.54, 1.807) is 0 Å². The maximum Gasteiger partial charge on any atom is 0.00642 e. The molecule has 2 heteroatoms. The summed E-state index contributed by atoms with van der Waals surface area (Å²) >= 11 is 2.10. The van der Waals surface area contributed by atoms with Crippen molar-refractivity contribution in [1.82, 2.24) is 5.32 Å². The third-order valence-electron chi connectivity index (χ3n) is 2.81. The molecule has 0 bridgehead atoms. The first-order valence-electron chi connectivity index (χ1n) is 5.11. The maximum absolute atomic E-state index is 3.37. The van der Waals surface area contributed by atoms with Crippen LogP contribution in [-0.2, 0) is 0 Å². The summed E-state index contributed by atoms with van der Waals surface area (Å²) in [6, 6.07) is 0.813. The van der Waals surface area contributed by atoms with Gasteiger partial charge < -0.3 is 5.32 Å². The Labute approximate surface area is 80.7 Å². The zero-order valence-corrected chi connectivity index (χ0v) is 9.12. The van der Waals surface area contributed by atoms with Gasteiger partial charge in [0.2, 0.25) is 0 Å². The molecule has 0 saturated heterocycles. The van der Waals surface area contributed by atoms with Gasteiger partial charge in [0.25, 0.3) is 0 Å². The maximum atomic E-state index is 3.37. The summed E-state index contributed by atoms with van der Waals surface area (Å²) in [5.74, 6) is 3.69. The van der Waals surface area contributed by atoms with Crippen LogP contribution < -0.4 is 5.32 Å². The summed E-state index contributed by atoms with van der Waals surface area (Å²) in [4.78, 5) is 0. The van der Waals surface area contributed by atoms with E-state index in [0.29, 0.717) is 0 Å². The van der Waals surface area contributed by atoms with Gasteiger partial charge in [0.05, 0.1) is 0 Å². The lowest BCUT2D eigenvalue weighted by molar-refractivity contribution is 0.323. The van der Waals surface area contributed by atoms with E-state index in [2.05, 4.69) is 31.1 Å². The van der Waals surface area contributed by atoms with Crippen LogP contribution in [0.5, 0.6) is 0 Å². The molecule has 0 aromatic carbocycles. The minimum atomic E-state index is 0.813. The largest absolute Gasteiger partial charge is 0.317 e. The van der Waals surface area contributed by atoms with Crippen molar-refractivity contribution in [3.05, 3.63) is 0 Å². The average Bonchev–Trinajstić information content (AvgIpc) is 2.15. The highest BCUT2D eigenvalue weighted by Crippen LogP contribution is 2.26. The lowest BCUT2D eigenvalue weighted by Crippen LogP contribution is -2.30. The second kappa shape index (κ2) is 5.87. The Bertz CT molecular complexity index is 108. The fourth-order valence-corrected chi connectivity index (χ4v) is 2.80. The molecule has 1 saturated carbocycles. The van der Waals surface area contributed by atoms with E-state index in [4.69, 9.17) is 0 Å². The SMILES string of the molecule is CCSCC1CCC(NC)CC1. The van der Waals surface area contributed by atoms with E-state index in [9.17, 15) is 0 Å². The van der Waals surface area contributed by atoms with Gasteiger partial charge in [-0.15, -0.1) is 0 Å². The molecule has 0 amide bonds. The molecule has 1 N–H and O–H groups in total. The zero-order chi connectivity index (χ0) is 8.81. The quantitative estimate of drug-likeness (QED) is 0.726. The molecule has 1 rings (SSSR count). The number of hydrogen-bond donors (Lipinski definition) is 1. The molecule has 1 aliphatic carbocycles. The molecule has 1 aliphatic rings. The van der Waals surface area contributed by atoms with E-state index >= 15 is 0 Å². The number of thioether (sulfide) groups is 1. The summed E-state index contributed by atoms with van der Waals surface area (Å²) in [6.45, 7) is 2.25. The van der Waals surface area contributed by atoms with Crippen LogP contribution in [0.1, 0.15) is 32.6 Å². The first kappa shape index (κ1) is 10.4. The van der Waals surface area contributed by atoms with Crippen LogP contribution in [0.3, 0.4) is 0 Å². The van der Waals surface area contributed by atoms with Crippen LogP contribution in [0.2, 0.25) is 0 Å². The zero-order valence-electron chi connectivity index (χ0n) is 8.31. The summed E-state index contributed by atoms with van der Waals surface area (Å²) in [7, 11) is 2.09. The third kappa shape index (κ3) is 3.36. The fraction of sp³-hybridized carbons (Fsp3) is 1.00. The molecule has 72 valence electrons. The standard InChI is InChI=1S/C10H21NS/c1-3-12-8-9-4-6-10(11-2)7-5-9/h9-11H,3-8H2,1-2H3. The smallest absolute Gasteiger partial charge is 0.00642 e. The van der Waals surface area contributed by atoms with Crippen LogP contribution in [0.15, 0.2) is 0 Å². The van der Waals surface area contributed by atoms with Crippen molar-refractivity contribution in [2.45, 2.75) is 38.6 Å². The first-order chi connectivity index (χ1) is 5.86. The molecular weight excluding hydrogens is 166 g/mol. The van der Waals surface area contributed by atoms with Crippen LogP contribution >= 0.6 is 11.8 Å². The highest BCUT2D eigenvalue weighted by atomic mass is 32.2. The second-order valence-electron chi connectivity index (χ2n) is 3.67. The predicted molar refractivity (Wildman–Crippen MR) is 57.8 cm³/mol. The average molecular weight is 187 g/mol. The second-order valence-corrected chi connectivity index (χ2v) is 4.98. The molecule has 0 spiro atoms. The summed E-state index contributed by atoms with van der Waals surface area (Å²) in [5.41, 5.74) is 0. The van der Waals surface area contributed by atoms with Gasteiger partial charge in [0.15, 0.2) is 0 Å². The summed E-state index contributed by atoms with van der Waals surface area (Å²) in [5, 5.41) is 3.37. The molecule has 0 heterocycles. The Morgan fingerprint density at radius 3 is 2.42 bits per heavy atom. The molecule has 0 aliphatic heterocycles. The molecule has 0 radical (unpaired) electrons. The highest BCUT2D eigenvalue weighted by molar-refractivity contribution is 7.99. The van der Waals surface area contributed by atoms with Crippen LogP contribution in [-0.4, -0.2) is 24.6 Å². The normalized spacial score (nSPS) is 30.5. The first-order valence-corrected chi connectivity index (χ1v) is 6.27. The van der Waals surface area contributed by atoms with Gasteiger partial charge in [-0.3, -0.25) is 0 Å². The van der Waals surface area contributed by atoms with Gasteiger partial charge in [-0.2, -0.15) is 11.8 Å². The van der Waals surface area contributed by atoms with Crippen molar-refractivity contribution < 1.29 is 0 Å².